The van der Waals surface area contributed by atoms with Gasteiger partial charge in [0.05, 0.1) is 6.54 Å². The summed E-state index contributed by atoms with van der Waals surface area (Å²) in [6.45, 7) is 3.89. The van der Waals surface area contributed by atoms with Crippen LogP contribution in [0, 0.1) is 23.4 Å². The predicted octanol–water partition coefficient (Wildman–Crippen LogP) is 4.75. The van der Waals surface area contributed by atoms with Gasteiger partial charge in [-0.05, 0) is 47.4 Å². The topological polar surface area (TPSA) is 80.2 Å². The first-order valence-corrected chi connectivity index (χ1v) is 11.6. The molecule has 1 aliphatic rings. The monoisotopic (exact) mass is 507 g/mol. The Bertz CT molecular complexity index is 1480. The molecule has 0 aliphatic carbocycles. The molecule has 0 saturated carbocycles. The molecule has 0 radical (unpaired) electrons. The third-order valence-corrected chi connectivity index (χ3v) is 5.68. The zero-order chi connectivity index (χ0) is 26.7. The van der Waals surface area contributed by atoms with Crippen LogP contribution in [0.4, 0.5) is 18.9 Å². The summed E-state index contributed by atoms with van der Waals surface area (Å²) in [6, 6.07) is 9.97. The van der Waals surface area contributed by atoms with E-state index >= 15 is 0 Å². The average Bonchev–Trinajstić information content (AvgIpc) is 3.15. The number of aromatic nitrogens is 1. The Kier molecular flexibility index (Phi) is 7.42. The number of pyridine rings is 1. The number of hydrogen-bond donors (Lipinski definition) is 2. The van der Waals surface area contributed by atoms with Crippen LogP contribution in [0.3, 0.4) is 0 Å². The van der Waals surface area contributed by atoms with E-state index in [0.717, 1.165) is 27.8 Å². The Balaban J connectivity index is 1.41. The van der Waals surface area contributed by atoms with Crippen LogP contribution in [0.1, 0.15) is 40.9 Å². The summed E-state index contributed by atoms with van der Waals surface area (Å²) in [4.78, 5) is 37.5. The van der Waals surface area contributed by atoms with Crippen LogP contribution in [0.15, 0.2) is 65.6 Å². The number of halogens is 3. The smallest absolute Gasteiger partial charge is 0.263 e. The molecule has 190 valence electrons. The van der Waals surface area contributed by atoms with Crippen molar-refractivity contribution in [2.24, 2.45) is 5.92 Å². The van der Waals surface area contributed by atoms with E-state index in [4.69, 9.17) is 0 Å². The largest absolute Gasteiger partial charge is 0.348 e. The minimum Gasteiger partial charge on any atom is -0.348 e. The van der Waals surface area contributed by atoms with E-state index in [2.05, 4.69) is 10.6 Å². The zero-order valence-corrected chi connectivity index (χ0v) is 20.1. The number of carbonyl (C=O) groups excluding carboxylic acids is 2. The number of nitrogens with one attached hydrogen (secondary N) is 2. The van der Waals surface area contributed by atoms with E-state index in [1.807, 2.05) is 38.1 Å². The van der Waals surface area contributed by atoms with Gasteiger partial charge in [-0.25, -0.2) is 13.2 Å². The molecule has 1 aliphatic heterocycles. The van der Waals surface area contributed by atoms with Crippen molar-refractivity contribution in [2.75, 3.05) is 11.9 Å². The number of carbonyl (C=O) groups is 2. The molecule has 9 heteroatoms. The standard InChI is InChI=1S/C28H24F3N3O3/c1-16(2)11-21-19-8-7-17(14-24(19)33-27(21)36)5-3-9-32-26(35)20-6-4-10-34(28(20)37)15-18-12-22(29)25(31)23(30)13-18/h3-8,10-14,16H,9,15H2,1-2H3,(H,32,35)(H,33,36). The maximum Gasteiger partial charge on any atom is 0.263 e. The number of allylic oxidation sites excluding steroid dienone is 1. The van der Waals surface area contributed by atoms with Gasteiger partial charge in [0, 0.05) is 29.6 Å². The minimum absolute atomic E-state index is 0.0383. The SMILES string of the molecule is CC(C)C=C1C(=O)Nc2cc(C=CCNC(=O)c3cccn(Cc4cc(F)c(F)c(F)c4)c3=O)ccc21. The Morgan fingerprint density at radius 2 is 1.81 bits per heavy atom. The van der Waals surface area contributed by atoms with Crippen molar-refractivity contribution in [3.8, 4) is 0 Å². The maximum atomic E-state index is 13.5. The lowest BCUT2D eigenvalue weighted by molar-refractivity contribution is -0.110. The molecule has 2 N–H and O–H groups in total. The number of benzene rings is 2. The lowest BCUT2D eigenvalue weighted by Gasteiger charge is -2.09. The Hall–Kier alpha value is -4.40. The van der Waals surface area contributed by atoms with E-state index in [1.165, 1.54) is 18.3 Å². The molecule has 2 aromatic carbocycles. The fourth-order valence-corrected chi connectivity index (χ4v) is 3.99. The van der Waals surface area contributed by atoms with E-state index in [9.17, 15) is 27.6 Å². The fraction of sp³-hybridized carbons (Fsp3) is 0.179. The summed E-state index contributed by atoms with van der Waals surface area (Å²) in [5.74, 6) is -4.83. The number of fused-ring (bicyclic) bond motifs is 1. The summed E-state index contributed by atoms with van der Waals surface area (Å²) >= 11 is 0. The number of nitrogens with zero attached hydrogens (tertiary/aromatic N) is 1. The highest BCUT2D eigenvalue weighted by atomic mass is 19.2. The van der Waals surface area contributed by atoms with Crippen LogP contribution >= 0.6 is 0 Å². The van der Waals surface area contributed by atoms with Gasteiger partial charge in [0.15, 0.2) is 17.5 Å². The van der Waals surface area contributed by atoms with Gasteiger partial charge in [0.2, 0.25) is 0 Å². The van der Waals surface area contributed by atoms with Gasteiger partial charge in [-0.15, -0.1) is 0 Å². The summed E-state index contributed by atoms with van der Waals surface area (Å²) in [5.41, 5.74) is 2.26. The van der Waals surface area contributed by atoms with Crippen LogP contribution in [-0.2, 0) is 11.3 Å². The second-order valence-corrected chi connectivity index (χ2v) is 8.92. The Morgan fingerprint density at radius 1 is 1.08 bits per heavy atom. The highest BCUT2D eigenvalue weighted by molar-refractivity contribution is 6.31. The van der Waals surface area contributed by atoms with Gasteiger partial charge in [0.25, 0.3) is 17.4 Å². The van der Waals surface area contributed by atoms with Crippen molar-refractivity contribution in [3.05, 3.63) is 111 Å². The molecule has 0 fully saturated rings. The van der Waals surface area contributed by atoms with Gasteiger partial charge < -0.3 is 15.2 Å². The average molecular weight is 508 g/mol. The van der Waals surface area contributed by atoms with E-state index in [-0.39, 0.29) is 36.0 Å². The van der Waals surface area contributed by atoms with Crippen molar-refractivity contribution in [2.45, 2.75) is 20.4 Å². The molecular formula is C28H24F3N3O3. The van der Waals surface area contributed by atoms with Crippen molar-refractivity contribution in [3.63, 3.8) is 0 Å². The Labute approximate surface area is 211 Å². The molecule has 3 aromatic rings. The molecule has 37 heavy (non-hydrogen) atoms. The lowest BCUT2D eigenvalue weighted by Crippen LogP contribution is -2.33. The van der Waals surface area contributed by atoms with E-state index in [0.29, 0.717) is 11.3 Å². The first-order valence-electron chi connectivity index (χ1n) is 11.6. The van der Waals surface area contributed by atoms with Crippen molar-refractivity contribution in [1.82, 2.24) is 9.88 Å². The molecule has 2 heterocycles. The third kappa shape index (κ3) is 5.72. The Morgan fingerprint density at radius 3 is 2.51 bits per heavy atom. The van der Waals surface area contributed by atoms with Crippen LogP contribution in [0.2, 0.25) is 0 Å². The van der Waals surface area contributed by atoms with Crippen molar-refractivity contribution < 1.29 is 22.8 Å². The minimum atomic E-state index is -1.59. The van der Waals surface area contributed by atoms with Gasteiger partial charge in [-0.1, -0.05) is 44.2 Å². The summed E-state index contributed by atoms with van der Waals surface area (Å²) in [6.07, 6.45) is 6.76. The number of anilines is 1. The fourth-order valence-electron chi connectivity index (χ4n) is 3.99. The summed E-state index contributed by atoms with van der Waals surface area (Å²) < 4.78 is 41.3. The first-order chi connectivity index (χ1) is 17.6. The van der Waals surface area contributed by atoms with Gasteiger partial charge in [-0.2, -0.15) is 0 Å². The van der Waals surface area contributed by atoms with Crippen LogP contribution in [-0.4, -0.2) is 22.9 Å². The summed E-state index contributed by atoms with van der Waals surface area (Å²) in [7, 11) is 0. The van der Waals surface area contributed by atoms with Crippen molar-refractivity contribution in [1.29, 1.82) is 0 Å². The van der Waals surface area contributed by atoms with Crippen LogP contribution in [0.25, 0.3) is 11.6 Å². The second-order valence-electron chi connectivity index (χ2n) is 8.92. The molecular weight excluding hydrogens is 483 g/mol. The zero-order valence-electron chi connectivity index (χ0n) is 20.1. The molecule has 1 aromatic heterocycles. The predicted molar refractivity (Wildman–Crippen MR) is 135 cm³/mol. The van der Waals surface area contributed by atoms with E-state index < -0.39 is 28.9 Å². The second kappa shape index (κ2) is 10.7. The molecule has 0 bridgehead atoms. The maximum absolute atomic E-state index is 13.5. The van der Waals surface area contributed by atoms with Gasteiger partial charge in [-0.3, -0.25) is 14.4 Å². The quantitative estimate of drug-likeness (QED) is 0.358. The number of amides is 2. The van der Waals surface area contributed by atoms with Crippen LogP contribution in [0.5, 0.6) is 0 Å². The molecule has 0 spiro atoms. The first kappa shape index (κ1) is 25.7. The van der Waals surface area contributed by atoms with Gasteiger partial charge in [0.1, 0.15) is 5.56 Å². The molecule has 0 atom stereocenters. The number of hydrogen-bond acceptors (Lipinski definition) is 3. The van der Waals surface area contributed by atoms with Gasteiger partial charge >= 0.3 is 0 Å². The highest BCUT2D eigenvalue weighted by Gasteiger charge is 2.24. The van der Waals surface area contributed by atoms with Crippen LogP contribution < -0.4 is 16.2 Å². The molecule has 4 rings (SSSR count). The molecule has 0 saturated heterocycles. The van der Waals surface area contributed by atoms with Crippen molar-refractivity contribution >= 4 is 29.2 Å². The summed E-state index contributed by atoms with van der Waals surface area (Å²) in [5, 5.41) is 5.48. The number of rotatable bonds is 7. The molecule has 6 nitrogen and oxygen atoms in total. The molecule has 0 unspecified atom stereocenters. The third-order valence-electron chi connectivity index (χ3n) is 5.68. The molecule has 2 amide bonds. The lowest BCUT2D eigenvalue weighted by atomic mass is 10.0. The normalized spacial score (nSPS) is 13.9. The van der Waals surface area contributed by atoms with E-state index in [1.54, 1.807) is 12.2 Å². The highest BCUT2D eigenvalue weighted by Crippen LogP contribution is 2.33.